The number of esters is 1. The summed E-state index contributed by atoms with van der Waals surface area (Å²) < 4.78 is 10.8. The van der Waals surface area contributed by atoms with Crippen LogP contribution < -0.4 is 10.2 Å². The number of nitro benzene ring substituents is 1. The van der Waals surface area contributed by atoms with Gasteiger partial charge in [-0.25, -0.2) is 5.48 Å². The van der Waals surface area contributed by atoms with Crippen LogP contribution in [0.15, 0.2) is 48.5 Å². The summed E-state index contributed by atoms with van der Waals surface area (Å²) in [6.07, 6.45) is 0.575. The first-order valence-electron chi connectivity index (χ1n) is 9.02. The Morgan fingerprint density at radius 3 is 2.59 bits per heavy atom. The van der Waals surface area contributed by atoms with Crippen molar-refractivity contribution in [3.05, 3.63) is 64.2 Å². The second-order valence-electron chi connectivity index (χ2n) is 6.79. The van der Waals surface area contributed by atoms with Crippen molar-refractivity contribution < 1.29 is 29.2 Å². The number of hydrogen-bond acceptors (Lipinski definition) is 7. The Kier molecular flexibility index (Phi) is 5.79. The predicted molar refractivity (Wildman–Crippen MR) is 100 cm³/mol. The molecular formula is C20H20N2O7. The molecule has 9 nitrogen and oxygen atoms in total. The topological polar surface area (TPSA) is 128 Å². The maximum atomic E-state index is 12.4. The number of non-ortho nitro benzene ring substituents is 1. The first-order chi connectivity index (χ1) is 13.9. The summed E-state index contributed by atoms with van der Waals surface area (Å²) in [6.45, 7) is 1.89. The van der Waals surface area contributed by atoms with Gasteiger partial charge in [-0.1, -0.05) is 18.2 Å². The lowest BCUT2D eigenvalue weighted by atomic mass is 9.93. The number of hydrogen-bond donors (Lipinski definition) is 2. The third kappa shape index (κ3) is 4.35. The van der Waals surface area contributed by atoms with E-state index in [9.17, 15) is 19.7 Å². The molecule has 0 aliphatic heterocycles. The molecule has 2 N–H and O–H groups in total. The molecule has 0 heterocycles. The minimum Gasteiger partial charge on any atom is -0.466 e. The number of carbonyl (C=O) groups is 2. The summed E-state index contributed by atoms with van der Waals surface area (Å²) in [7, 11) is 0. The number of amides is 1. The standard InChI is InChI=1S/C20H20N2O7/c1-2-28-19(24)20(12-17(20)18(23)21-25)11-13-6-8-15(9-7-13)29-16-5-3-4-14(10-16)22(26)27/h3-10,17,25H,2,11-12H2,1H3,(H,21,23)/t17-,20+/m1/s1. The van der Waals surface area contributed by atoms with Crippen molar-refractivity contribution in [3.8, 4) is 11.5 Å². The first-order valence-corrected chi connectivity index (χ1v) is 9.02. The van der Waals surface area contributed by atoms with E-state index in [-0.39, 0.29) is 18.7 Å². The fraction of sp³-hybridized carbons (Fsp3) is 0.300. The molecule has 152 valence electrons. The van der Waals surface area contributed by atoms with Crippen molar-refractivity contribution >= 4 is 17.6 Å². The molecule has 1 amide bonds. The zero-order valence-electron chi connectivity index (χ0n) is 15.7. The van der Waals surface area contributed by atoms with E-state index in [0.717, 1.165) is 5.56 Å². The molecule has 1 fully saturated rings. The van der Waals surface area contributed by atoms with Gasteiger partial charge in [0.2, 0.25) is 5.91 Å². The van der Waals surface area contributed by atoms with Gasteiger partial charge in [0, 0.05) is 6.07 Å². The van der Waals surface area contributed by atoms with Crippen LogP contribution in [0.25, 0.3) is 0 Å². The summed E-state index contributed by atoms with van der Waals surface area (Å²) in [5.74, 6) is -0.918. The van der Waals surface area contributed by atoms with Gasteiger partial charge in [0.05, 0.1) is 28.9 Å². The van der Waals surface area contributed by atoms with Crippen molar-refractivity contribution in [2.24, 2.45) is 11.3 Å². The summed E-state index contributed by atoms with van der Waals surface area (Å²) in [5.41, 5.74) is 1.32. The highest BCUT2D eigenvalue weighted by Gasteiger charge is 2.64. The molecule has 2 aromatic rings. The quantitative estimate of drug-likeness (QED) is 0.302. The van der Waals surface area contributed by atoms with Crippen LogP contribution in [-0.4, -0.2) is 28.6 Å². The number of ether oxygens (including phenoxy) is 2. The Bertz CT molecular complexity index is 929. The minimum atomic E-state index is -0.995. The second-order valence-corrected chi connectivity index (χ2v) is 6.79. The van der Waals surface area contributed by atoms with Crippen LogP contribution in [0.4, 0.5) is 5.69 Å². The third-order valence-corrected chi connectivity index (χ3v) is 4.89. The molecule has 9 heteroatoms. The van der Waals surface area contributed by atoms with Gasteiger partial charge in [0.1, 0.15) is 11.5 Å². The van der Waals surface area contributed by atoms with E-state index in [4.69, 9.17) is 14.7 Å². The highest BCUT2D eigenvalue weighted by atomic mass is 16.6. The largest absolute Gasteiger partial charge is 0.466 e. The monoisotopic (exact) mass is 400 g/mol. The molecule has 0 radical (unpaired) electrons. The van der Waals surface area contributed by atoms with Crippen molar-refractivity contribution in [1.82, 2.24) is 5.48 Å². The number of carbonyl (C=O) groups excluding carboxylic acids is 2. The van der Waals surface area contributed by atoms with E-state index in [2.05, 4.69) is 0 Å². The van der Waals surface area contributed by atoms with Crippen LogP contribution in [-0.2, 0) is 20.7 Å². The molecule has 3 rings (SSSR count). The summed E-state index contributed by atoms with van der Waals surface area (Å²) in [6, 6.07) is 12.7. The maximum Gasteiger partial charge on any atom is 0.313 e. The van der Waals surface area contributed by atoms with Gasteiger partial charge >= 0.3 is 5.97 Å². The lowest BCUT2D eigenvalue weighted by Gasteiger charge is -2.16. The zero-order valence-corrected chi connectivity index (χ0v) is 15.7. The number of rotatable bonds is 8. The number of nitro groups is 1. The summed E-state index contributed by atoms with van der Waals surface area (Å²) in [4.78, 5) is 34.5. The van der Waals surface area contributed by atoms with Crippen molar-refractivity contribution in [2.75, 3.05) is 6.61 Å². The molecule has 0 saturated heterocycles. The van der Waals surface area contributed by atoms with Crippen LogP contribution in [0.1, 0.15) is 18.9 Å². The Morgan fingerprint density at radius 2 is 1.97 bits per heavy atom. The van der Waals surface area contributed by atoms with Crippen LogP contribution >= 0.6 is 0 Å². The normalized spacial score (nSPS) is 19.9. The van der Waals surface area contributed by atoms with E-state index in [1.165, 1.54) is 18.2 Å². The molecule has 1 aliphatic rings. The fourth-order valence-corrected chi connectivity index (χ4v) is 3.33. The smallest absolute Gasteiger partial charge is 0.313 e. The van der Waals surface area contributed by atoms with Crippen LogP contribution in [0.2, 0.25) is 0 Å². The molecule has 0 spiro atoms. The van der Waals surface area contributed by atoms with E-state index in [0.29, 0.717) is 17.9 Å². The van der Waals surface area contributed by atoms with E-state index < -0.39 is 28.1 Å². The lowest BCUT2D eigenvalue weighted by molar-refractivity contribution is -0.384. The second kappa shape index (κ2) is 8.27. The predicted octanol–water partition coefficient (Wildman–Crippen LogP) is 3.00. The average molecular weight is 400 g/mol. The lowest BCUT2D eigenvalue weighted by Crippen LogP contribution is -2.30. The number of nitrogens with one attached hydrogen (secondary N) is 1. The fourth-order valence-electron chi connectivity index (χ4n) is 3.33. The zero-order chi connectivity index (χ0) is 21.0. The average Bonchev–Trinajstić information content (AvgIpc) is 3.45. The molecule has 0 bridgehead atoms. The molecular weight excluding hydrogens is 380 g/mol. The van der Waals surface area contributed by atoms with Crippen LogP contribution in [0.5, 0.6) is 11.5 Å². The van der Waals surface area contributed by atoms with Crippen molar-refractivity contribution in [2.45, 2.75) is 19.8 Å². The van der Waals surface area contributed by atoms with Gasteiger partial charge < -0.3 is 9.47 Å². The molecule has 0 unspecified atom stereocenters. The molecule has 0 aromatic heterocycles. The molecule has 1 aliphatic carbocycles. The van der Waals surface area contributed by atoms with Gasteiger partial charge in [-0.3, -0.25) is 24.9 Å². The molecule has 2 aromatic carbocycles. The highest BCUT2D eigenvalue weighted by molar-refractivity contribution is 5.93. The van der Waals surface area contributed by atoms with Gasteiger partial charge in [0.15, 0.2) is 0 Å². The summed E-state index contributed by atoms with van der Waals surface area (Å²) in [5, 5.41) is 19.7. The number of benzene rings is 2. The third-order valence-electron chi connectivity index (χ3n) is 4.89. The maximum absolute atomic E-state index is 12.4. The SMILES string of the molecule is CCOC(=O)[C@@]1(Cc2ccc(Oc3cccc([N+](=O)[O-])c3)cc2)C[C@@H]1C(=O)NO. The Morgan fingerprint density at radius 1 is 1.24 bits per heavy atom. The van der Waals surface area contributed by atoms with Crippen LogP contribution in [0.3, 0.4) is 0 Å². The van der Waals surface area contributed by atoms with E-state index in [1.807, 2.05) is 0 Å². The van der Waals surface area contributed by atoms with Crippen LogP contribution in [0, 0.1) is 21.4 Å². The van der Waals surface area contributed by atoms with Gasteiger partial charge in [-0.2, -0.15) is 0 Å². The van der Waals surface area contributed by atoms with E-state index >= 15 is 0 Å². The minimum absolute atomic E-state index is 0.0718. The Hall–Kier alpha value is -3.46. The number of hydroxylamine groups is 1. The van der Waals surface area contributed by atoms with Gasteiger partial charge in [0.25, 0.3) is 5.69 Å². The highest BCUT2D eigenvalue weighted by Crippen LogP contribution is 2.56. The van der Waals surface area contributed by atoms with Gasteiger partial charge in [-0.05, 0) is 43.5 Å². The molecule has 1 saturated carbocycles. The van der Waals surface area contributed by atoms with Gasteiger partial charge in [-0.15, -0.1) is 0 Å². The Balaban J connectivity index is 1.72. The van der Waals surface area contributed by atoms with Crippen molar-refractivity contribution in [1.29, 1.82) is 0 Å². The number of nitrogens with zero attached hydrogens (tertiary/aromatic N) is 1. The Labute approximate surface area is 166 Å². The molecule has 2 atom stereocenters. The molecule has 29 heavy (non-hydrogen) atoms. The van der Waals surface area contributed by atoms with E-state index in [1.54, 1.807) is 42.7 Å². The summed E-state index contributed by atoms with van der Waals surface area (Å²) >= 11 is 0. The first kappa shape index (κ1) is 20.3. The van der Waals surface area contributed by atoms with Crippen molar-refractivity contribution in [3.63, 3.8) is 0 Å².